The summed E-state index contributed by atoms with van der Waals surface area (Å²) in [6, 6.07) is 18.5. The first-order valence-electron chi connectivity index (χ1n) is 11.2. The summed E-state index contributed by atoms with van der Waals surface area (Å²) in [5.41, 5.74) is 4.33. The Morgan fingerprint density at radius 3 is 2.24 bits per heavy atom. The van der Waals surface area contributed by atoms with E-state index in [2.05, 4.69) is 41.5 Å². The Hall–Kier alpha value is -2.55. The van der Waals surface area contributed by atoms with Crippen molar-refractivity contribution in [2.75, 3.05) is 6.54 Å². The molecule has 0 bridgehead atoms. The smallest absolute Gasteiger partial charge is 0.224 e. The zero-order valence-corrected chi connectivity index (χ0v) is 17.7. The van der Waals surface area contributed by atoms with Crippen molar-refractivity contribution in [2.45, 2.75) is 64.7 Å². The lowest BCUT2D eigenvalue weighted by atomic mass is 10.0. The van der Waals surface area contributed by atoms with E-state index in [4.69, 9.17) is 0 Å². The standard InChI is InChI=1S/C26H34N2O/c1-2-3-4-5-6-7-8-14-19-27-25(29)20-23-22-17-12-13-18-24(22)28-26(23)21-15-10-9-11-16-21/h9-13,15-18,28H,2-8,14,19-20H2,1H3,(H,27,29). The number of carbonyl (C=O) groups excluding carboxylic acids is 1. The van der Waals surface area contributed by atoms with Gasteiger partial charge in [0.15, 0.2) is 0 Å². The molecule has 1 amide bonds. The molecule has 3 aromatic rings. The molecule has 1 heterocycles. The maximum atomic E-state index is 12.6. The molecule has 0 fully saturated rings. The van der Waals surface area contributed by atoms with Crippen molar-refractivity contribution in [1.82, 2.24) is 10.3 Å². The number of amides is 1. The maximum absolute atomic E-state index is 12.6. The van der Waals surface area contributed by atoms with Crippen LogP contribution in [0.15, 0.2) is 54.6 Å². The molecule has 0 atom stereocenters. The quantitative estimate of drug-likeness (QED) is 0.335. The molecule has 2 aromatic carbocycles. The van der Waals surface area contributed by atoms with Crippen molar-refractivity contribution in [1.29, 1.82) is 0 Å². The fraction of sp³-hybridized carbons (Fsp3) is 0.423. The number of aromatic amines is 1. The van der Waals surface area contributed by atoms with Crippen molar-refractivity contribution in [3.05, 3.63) is 60.2 Å². The number of fused-ring (bicyclic) bond motifs is 1. The van der Waals surface area contributed by atoms with Crippen LogP contribution in [0.25, 0.3) is 22.2 Å². The molecule has 0 aliphatic rings. The first kappa shape index (κ1) is 21.2. The first-order chi connectivity index (χ1) is 14.3. The largest absolute Gasteiger partial charge is 0.356 e. The molecule has 0 aliphatic carbocycles. The molecule has 3 rings (SSSR count). The average Bonchev–Trinajstić information content (AvgIpc) is 3.11. The minimum Gasteiger partial charge on any atom is -0.356 e. The van der Waals surface area contributed by atoms with Crippen molar-refractivity contribution in [3.8, 4) is 11.3 Å². The highest BCUT2D eigenvalue weighted by molar-refractivity contribution is 5.95. The third-order valence-electron chi connectivity index (χ3n) is 5.57. The second-order valence-corrected chi connectivity index (χ2v) is 7.89. The predicted molar refractivity (Wildman–Crippen MR) is 123 cm³/mol. The number of hydrogen-bond acceptors (Lipinski definition) is 1. The molecule has 3 heteroatoms. The average molecular weight is 391 g/mol. The van der Waals surface area contributed by atoms with Crippen molar-refractivity contribution >= 4 is 16.8 Å². The number of nitrogens with one attached hydrogen (secondary N) is 2. The predicted octanol–water partition coefficient (Wildman–Crippen LogP) is 6.63. The number of H-pyrrole nitrogens is 1. The summed E-state index contributed by atoms with van der Waals surface area (Å²) in [6.07, 6.45) is 10.6. The van der Waals surface area contributed by atoms with E-state index >= 15 is 0 Å². The van der Waals surface area contributed by atoms with Gasteiger partial charge in [0, 0.05) is 17.4 Å². The Labute approximate surface area is 174 Å². The van der Waals surface area contributed by atoms with Crippen LogP contribution in [0.3, 0.4) is 0 Å². The van der Waals surface area contributed by atoms with Crippen LogP contribution in [0.2, 0.25) is 0 Å². The normalized spacial score (nSPS) is 11.1. The molecule has 2 N–H and O–H groups in total. The highest BCUT2D eigenvalue weighted by atomic mass is 16.1. The van der Waals surface area contributed by atoms with Gasteiger partial charge in [0.05, 0.1) is 12.1 Å². The van der Waals surface area contributed by atoms with Crippen LogP contribution in [0.4, 0.5) is 0 Å². The van der Waals surface area contributed by atoms with Crippen LogP contribution in [-0.4, -0.2) is 17.4 Å². The molecule has 0 unspecified atom stereocenters. The minimum atomic E-state index is 0.106. The van der Waals surface area contributed by atoms with E-state index in [0.717, 1.165) is 40.7 Å². The molecule has 29 heavy (non-hydrogen) atoms. The monoisotopic (exact) mass is 390 g/mol. The van der Waals surface area contributed by atoms with Gasteiger partial charge in [0.2, 0.25) is 5.91 Å². The molecule has 3 nitrogen and oxygen atoms in total. The second kappa shape index (κ2) is 11.5. The van der Waals surface area contributed by atoms with Crippen LogP contribution < -0.4 is 5.32 Å². The van der Waals surface area contributed by atoms with Gasteiger partial charge in [-0.25, -0.2) is 0 Å². The van der Waals surface area contributed by atoms with Crippen molar-refractivity contribution in [3.63, 3.8) is 0 Å². The third-order valence-corrected chi connectivity index (χ3v) is 5.57. The van der Waals surface area contributed by atoms with Crippen LogP contribution in [0, 0.1) is 0 Å². The summed E-state index contributed by atoms with van der Waals surface area (Å²) in [5.74, 6) is 0.106. The van der Waals surface area contributed by atoms with E-state index in [-0.39, 0.29) is 5.91 Å². The van der Waals surface area contributed by atoms with Gasteiger partial charge in [-0.05, 0) is 23.6 Å². The highest BCUT2D eigenvalue weighted by Gasteiger charge is 2.15. The topological polar surface area (TPSA) is 44.9 Å². The summed E-state index contributed by atoms with van der Waals surface area (Å²) in [7, 11) is 0. The fourth-order valence-electron chi connectivity index (χ4n) is 3.94. The molecule has 0 spiro atoms. The van der Waals surface area contributed by atoms with Gasteiger partial charge in [-0.1, -0.05) is 100 Å². The summed E-state index contributed by atoms with van der Waals surface area (Å²) in [4.78, 5) is 16.1. The Morgan fingerprint density at radius 2 is 1.48 bits per heavy atom. The zero-order chi connectivity index (χ0) is 20.3. The zero-order valence-electron chi connectivity index (χ0n) is 17.7. The Kier molecular flexibility index (Phi) is 8.36. The molecular weight excluding hydrogens is 356 g/mol. The molecule has 0 saturated heterocycles. The number of aromatic nitrogens is 1. The lowest BCUT2D eigenvalue weighted by molar-refractivity contribution is -0.120. The summed E-state index contributed by atoms with van der Waals surface area (Å²) in [5, 5.41) is 4.26. The molecule has 0 aliphatic heterocycles. The van der Waals surface area contributed by atoms with E-state index in [0.29, 0.717) is 6.42 Å². The minimum absolute atomic E-state index is 0.106. The molecule has 0 radical (unpaired) electrons. The van der Waals surface area contributed by atoms with Crippen LogP contribution in [-0.2, 0) is 11.2 Å². The van der Waals surface area contributed by atoms with E-state index in [1.807, 2.05) is 30.3 Å². The second-order valence-electron chi connectivity index (χ2n) is 7.89. The third kappa shape index (κ3) is 6.22. The van der Waals surface area contributed by atoms with Gasteiger partial charge in [-0.15, -0.1) is 0 Å². The summed E-state index contributed by atoms with van der Waals surface area (Å²) in [6.45, 7) is 3.03. The number of hydrogen-bond donors (Lipinski definition) is 2. The Morgan fingerprint density at radius 1 is 0.828 bits per heavy atom. The summed E-state index contributed by atoms with van der Waals surface area (Å²) < 4.78 is 0. The number of para-hydroxylation sites is 1. The van der Waals surface area contributed by atoms with E-state index < -0.39 is 0 Å². The highest BCUT2D eigenvalue weighted by Crippen LogP contribution is 2.30. The number of carbonyl (C=O) groups is 1. The van der Waals surface area contributed by atoms with Gasteiger partial charge in [0.25, 0.3) is 0 Å². The van der Waals surface area contributed by atoms with Gasteiger partial charge in [0.1, 0.15) is 0 Å². The first-order valence-corrected chi connectivity index (χ1v) is 11.2. The van der Waals surface area contributed by atoms with Crippen molar-refractivity contribution < 1.29 is 4.79 Å². The lowest BCUT2D eigenvalue weighted by Crippen LogP contribution is -2.26. The van der Waals surface area contributed by atoms with Gasteiger partial charge in [-0.2, -0.15) is 0 Å². The summed E-state index contributed by atoms with van der Waals surface area (Å²) >= 11 is 0. The Bertz CT molecular complexity index is 882. The maximum Gasteiger partial charge on any atom is 0.224 e. The Balaban J connectivity index is 1.52. The number of benzene rings is 2. The van der Waals surface area contributed by atoms with Crippen LogP contribution in [0.1, 0.15) is 63.9 Å². The van der Waals surface area contributed by atoms with Gasteiger partial charge >= 0.3 is 0 Å². The lowest BCUT2D eigenvalue weighted by Gasteiger charge is -2.08. The molecule has 0 saturated carbocycles. The van der Waals surface area contributed by atoms with Gasteiger partial charge < -0.3 is 10.3 Å². The van der Waals surface area contributed by atoms with E-state index in [1.54, 1.807) is 0 Å². The number of rotatable bonds is 12. The van der Waals surface area contributed by atoms with E-state index in [9.17, 15) is 4.79 Å². The molecular formula is C26H34N2O. The van der Waals surface area contributed by atoms with Crippen molar-refractivity contribution in [2.24, 2.45) is 0 Å². The molecule has 1 aromatic heterocycles. The van der Waals surface area contributed by atoms with Gasteiger partial charge in [-0.3, -0.25) is 4.79 Å². The fourth-order valence-corrected chi connectivity index (χ4v) is 3.94. The SMILES string of the molecule is CCCCCCCCCCNC(=O)Cc1c(-c2ccccc2)[nH]c2ccccc12. The van der Waals surface area contributed by atoms with E-state index in [1.165, 1.54) is 44.9 Å². The van der Waals surface area contributed by atoms with Crippen LogP contribution in [0.5, 0.6) is 0 Å². The van der Waals surface area contributed by atoms with Crippen LogP contribution >= 0.6 is 0 Å². The number of unbranched alkanes of at least 4 members (excludes halogenated alkanes) is 7. The molecule has 154 valence electrons.